The molecule has 1 aliphatic carbocycles. The van der Waals surface area contributed by atoms with Crippen molar-refractivity contribution in [1.29, 1.82) is 0 Å². The van der Waals surface area contributed by atoms with Gasteiger partial charge in [0, 0.05) is 0 Å². The van der Waals surface area contributed by atoms with E-state index in [1.807, 2.05) is 0 Å². The first-order chi connectivity index (χ1) is 11.5. The highest BCUT2D eigenvalue weighted by Gasteiger charge is 2.30. The second-order valence-electron chi connectivity index (χ2n) is 5.86. The van der Waals surface area contributed by atoms with Gasteiger partial charge in [-0.05, 0) is 37.1 Å². The molecule has 1 saturated carbocycles. The van der Waals surface area contributed by atoms with Crippen molar-refractivity contribution in [3.8, 4) is 0 Å². The number of hydrogen-bond acceptors (Lipinski definition) is 4. The number of sulfone groups is 1. The predicted molar refractivity (Wildman–Crippen MR) is 92.7 cm³/mol. The molecule has 0 bridgehead atoms. The van der Waals surface area contributed by atoms with Crippen molar-refractivity contribution < 1.29 is 17.6 Å². The summed E-state index contributed by atoms with van der Waals surface area (Å²) >= 11 is 1.02. The molecule has 0 spiro atoms. The van der Waals surface area contributed by atoms with Gasteiger partial charge < -0.3 is 5.32 Å². The van der Waals surface area contributed by atoms with Gasteiger partial charge in [-0.3, -0.25) is 4.79 Å². The van der Waals surface area contributed by atoms with Crippen LogP contribution in [0.4, 0.5) is 9.39 Å². The van der Waals surface area contributed by atoms with Gasteiger partial charge in [0.25, 0.3) is 5.91 Å². The second-order valence-corrected chi connectivity index (χ2v) is 9.40. The number of carbonyl (C=O) groups excluding carboxylic acids is 1. The molecular formula is C17H18FNO3S2. The van der Waals surface area contributed by atoms with Gasteiger partial charge in [-0.1, -0.05) is 31.4 Å². The van der Waals surface area contributed by atoms with Crippen LogP contribution in [0.2, 0.25) is 0 Å². The van der Waals surface area contributed by atoms with Gasteiger partial charge in [0.15, 0.2) is 9.84 Å². The van der Waals surface area contributed by atoms with Gasteiger partial charge in [-0.2, -0.15) is 0 Å². The lowest BCUT2D eigenvalue weighted by Gasteiger charge is -2.20. The van der Waals surface area contributed by atoms with Gasteiger partial charge in [-0.25, -0.2) is 12.8 Å². The molecule has 3 rings (SSSR count). The third-order valence-corrected chi connectivity index (χ3v) is 8.00. The molecule has 2 aromatic rings. The number of benzene rings is 1. The molecule has 1 aliphatic rings. The number of thiophene rings is 1. The Hall–Kier alpha value is -1.73. The molecule has 1 aromatic heterocycles. The van der Waals surface area contributed by atoms with E-state index < -0.39 is 21.6 Å². The summed E-state index contributed by atoms with van der Waals surface area (Å²) in [6, 6.07) is 8.75. The van der Waals surface area contributed by atoms with Crippen LogP contribution in [-0.2, 0) is 9.84 Å². The van der Waals surface area contributed by atoms with Crippen LogP contribution in [0.5, 0.6) is 0 Å². The van der Waals surface area contributed by atoms with E-state index in [2.05, 4.69) is 5.32 Å². The minimum Gasteiger partial charge on any atom is -0.313 e. The molecule has 1 N–H and O–H groups in total. The van der Waals surface area contributed by atoms with Gasteiger partial charge in [0.2, 0.25) is 0 Å². The third kappa shape index (κ3) is 3.52. The lowest BCUT2D eigenvalue weighted by molar-refractivity contribution is 0.102. The van der Waals surface area contributed by atoms with Crippen molar-refractivity contribution in [1.82, 2.24) is 0 Å². The van der Waals surface area contributed by atoms with Gasteiger partial charge in [0.1, 0.15) is 10.0 Å². The molecule has 1 aromatic carbocycles. The molecule has 0 radical (unpaired) electrons. The Kier molecular flexibility index (Phi) is 5.01. The van der Waals surface area contributed by atoms with Crippen LogP contribution < -0.4 is 5.32 Å². The van der Waals surface area contributed by atoms with Crippen LogP contribution in [0.1, 0.15) is 42.5 Å². The lowest BCUT2D eigenvalue weighted by atomic mass is 10.0. The second kappa shape index (κ2) is 7.03. The quantitative estimate of drug-likeness (QED) is 0.879. The van der Waals surface area contributed by atoms with Crippen LogP contribution in [0, 0.1) is 5.82 Å². The Morgan fingerprint density at radius 3 is 2.50 bits per heavy atom. The molecule has 0 aliphatic heterocycles. The van der Waals surface area contributed by atoms with Crippen LogP contribution in [0.25, 0.3) is 0 Å². The molecule has 1 heterocycles. The van der Waals surface area contributed by atoms with Crippen LogP contribution >= 0.6 is 11.3 Å². The molecule has 24 heavy (non-hydrogen) atoms. The maximum atomic E-state index is 13.6. The smallest absolute Gasteiger partial charge is 0.259 e. The number of carbonyl (C=O) groups is 1. The molecule has 128 valence electrons. The summed E-state index contributed by atoms with van der Waals surface area (Å²) < 4.78 is 39.2. The number of amides is 1. The zero-order valence-electron chi connectivity index (χ0n) is 13.0. The average molecular weight is 367 g/mol. The van der Waals surface area contributed by atoms with Crippen molar-refractivity contribution in [2.24, 2.45) is 0 Å². The SMILES string of the molecule is O=C(Nc1ccc(S(=O)(=O)C2CCCCC2)s1)c1ccccc1F. The fourth-order valence-electron chi connectivity index (χ4n) is 2.90. The Balaban J connectivity index is 1.76. The minimum absolute atomic E-state index is 0.0670. The zero-order chi connectivity index (χ0) is 17.2. The van der Waals surface area contributed by atoms with Crippen LogP contribution in [0.3, 0.4) is 0 Å². The van der Waals surface area contributed by atoms with E-state index >= 15 is 0 Å². The molecule has 0 unspecified atom stereocenters. The Bertz CT molecular complexity index is 839. The maximum absolute atomic E-state index is 13.6. The van der Waals surface area contributed by atoms with Crippen molar-refractivity contribution in [3.63, 3.8) is 0 Å². The molecule has 1 fully saturated rings. The molecule has 0 saturated heterocycles. The summed E-state index contributed by atoms with van der Waals surface area (Å²) in [6.45, 7) is 0. The first-order valence-electron chi connectivity index (χ1n) is 7.88. The Morgan fingerprint density at radius 2 is 1.79 bits per heavy atom. The van der Waals surface area contributed by atoms with E-state index in [1.165, 1.54) is 24.3 Å². The van der Waals surface area contributed by atoms with E-state index in [0.717, 1.165) is 30.6 Å². The zero-order valence-corrected chi connectivity index (χ0v) is 14.6. The standard InChI is InChI=1S/C17H18FNO3S2/c18-14-9-5-4-8-13(14)17(20)19-15-10-11-16(23-15)24(21,22)12-6-2-1-3-7-12/h4-5,8-12H,1-3,6-7H2,(H,19,20). The summed E-state index contributed by atoms with van der Waals surface area (Å²) in [5, 5.41) is 2.64. The summed E-state index contributed by atoms with van der Waals surface area (Å²) in [6.07, 6.45) is 4.34. The topological polar surface area (TPSA) is 63.2 Å². The number of anilines is 1. The largest absolute Gasteiger partial charge is 0.313 e. The fourth-order valence-corrected chi connectivity index (χ4v) is 6.22. The molecule has 1 amide bonds. The van der Waals surface area contributed by atoms with Gasteiger partial charge in [-0.15, -0.1) is 11.3 Å². The highest BCUT2D eigenvalue weighted by Crippen LogP contribution is 2.34. The van der Waals surface area contributed by atoms with E-state index in [4.69, 9.17) is 0 Å². The van der Waals surface area contributed by atoms with Crippen molar-refractivity contribution >= 4 is 32.1 Å². The number of nitrogens with one attached hydrogen (secondary N) is 1. The lowest BCUT2D eigenvalue weighted by Crippen LogP contribution is -2.23. The molecule has 0 atom stereocenters. The number of halogens is 1. The summed E-state index contributed by atoms with van der Waals surface area (Å²) in [7, 11) is -3.36. The van der Waals surface area contributed by atoms with Crippen molar-refractivity contribution in [2.75, 3.05) is 5.32 Å². The monoisotopic (exact) mass is 367 g/mol. The van der Waals surface area contributed by atoms with Crippen molar-refractivity contribution in [3.05, 3.63) is 47.8 Å². The fraction of sp³-hybridized carbons (Fsp3) is 0.353. The molecular weight excluding hydrogens is 349 g/mol. The first-order valence-corrected chi connectivity index (χ1v) is 10.2. The highest BCUT2D eigenvalue weighted by atomic mass is 32.2. The summed E-state index contributed by atoms with van der Waals surface area (Å²) in [5.74, 6) is -1.20. The van der Waals surface area contributed by atoms with Crippen LogP contribution in [-0.4, -0.2) is 19.6 Å². The van der Waals surface area contributed by atoms with E-state index in [-0.39, 0.29) is 15.0 Å². The Morgan fingerprint density at radius 1 is 1.08 bits per heavy atom. The third-order valence-electron chi connectivity index (χ3n) is 4.21. The van der Waals surface area contributed by atoms with E-state index in [9.17, 15) is 17.6 Å². The summed E-state index contributed by atoms with van der Waals surface area (Å²) in [5.41, 5.74) is -0.0670. The van der Waals surface area contributed by atoms with Crippen LogP contribution in [0.15, 0.2) is 40.6 Å². The van der Waals surface area contributed by atoms with Gasteiger partial charge >= 0.3 is 0 Å². The minimum atomic E-state index is -3.36. The van der Waals surface area contributed by atoms with E-state index in [0.29, 0.717) is 17.8 Å². The Labute approximate surface area is 144 Å². The predicted octanol–water partition coefficient (Wildman–Crippen LogP) is 4.25. The summed E-state index contributed by atoms with van der Waals surface area (Å²) in [4.78, 5) is 12.1. The number of hydrogen-bond donors (Lipinski definition) is 1. The average Bonchev–Trinajstić information content (AvgIpc) is 3.05. The van der Waals surface area contributed by atoms with E-state index in [1.54, 1.807) is 12.1 Å². The number of rotatable bonds is 4. The highest BCUT2D eigenvalue weighted by molar-refractivity contribution is 7.94. The maximum Gasteiger partial charge on any atom is 0.259 e. The normalized spacial score (nSPS) is 16.0. The van der Waals surface area contributed by atoms with Crippen molar-refractivity contribution in [2.45, 2.75) is 41.6 Å². The first kappa shape index (κ1) is 17.1. The molecule has 7 heteroatoms. The molecule has 4 nitrogen and oxygen atoms in total. The van der Waals surface area contributed by atoms with Gasteiger partial charge in [0.05, 0.1) is 15.8 Å².